The van der Waals surface area contributed by atoms with Crippen LogP contribution < -0.4 is 5.32 Å². The Labute approximate surface area is 160 Å². The van der Waals surface area contributed by atoms with Gasteiger partial charge >= 0.3 is 5.97 Å². The van der Waals surface area contributed by atoms with E-state index >= 15 is 0 Å². The summed E-state index contributed by atoms with van der Waals surface area (Å²) in [6, 6.07) is 19.1. The van der Waals surface area contributed by atoms with E-state index in [1.54, 1.807) is 0 Å². The van der Waals surface area contributed by atoms with Crippen molar-refractivity contribution in [2.24, 2.45) is 0 Å². The maximum atomic E-state index is 13.1. The monoisotopic (exact) mass is 366 g/mol. The van der Waals surface area contributed by atoms with Gasteiger partial charge in [0.15, 0.2) is 0 Å². The highest BCUT2D eigenvalue weighted by molar-refractivity contribution is 5.91. The summed E-state index contributed by atoms with van der Waals surface area (Å²) in [7, 11) is 0. The van der Waals surface area contributed by atoms with E-state index in [0.717, 1.165) is 25.2 Å². The van der Waals surface area contributed by atoms with Crippen LogP contribution in [0.3, 0.4) is 0 Å². The first-order valence-electron chi connectivity index (χ1n) is 9.37. The average Bonchev–Trinajstić information content (AvgIpc) is 2.70. The fourth-order valence-electron chi connectivity index (χ4n) is 3.74. The first-order chi connectivity index (χ1) is 13.0. The smallest absolute Gasteiger partial charge is 0.325 e. The van der Waals surface area contributed by atoms with Gasteiger partial charge in [0.05, 0.1) is 5.41 Å². The molecule has 0 aliphatic carbocycles. The van der Waals surface area contributed by atoms with E-state index in [-0.39, 0.29) is 5.91 Å². The summed E-state index contributed by atoms with van der Waals surface area (Å²) in [6.45, 7) is 3.94. The number of carboxylic acid groups (broad SMARTS) is 1. The number of nitrogens with zero attached hydrogens (tertiary/aromatic N) is 1. The zero-order valence-electron chi connectivity index (χ0n) is 15.6. The maximum absolute atomic E-state index is 13.1. The Morgan fingerprint density at radius 3 is 2.15 bits per heavy atom. The Morgan fingerprint density at radius 1 is 1.04 bits per heavy atom. The van der Waals surface area contributed by atoms with E-state index in [1.807, 2.05) is 48.5 Å². The second-order valence-electron chi connectivity index (χ2n) is 7.24. The number of piperidine rings is 1. The molecule has 0 bridgehead atoms. The molecule has 1 heterocycles. The summed E-state index contributed by atoms with van der Waals surface area (Å²) in [6.07, 6.45) is 1.34. The normalized spacial score (nSPS) is 17.8. The Hall–Kier alpha value is -2.66. The van der Waals surface area contributed by atoms with Gasteiger partial charge in [0.25, 0.3) is 0 Å². The number of benzene rings is 2. The van der Waals surface area contributed by atoms with Crippen molar-refractivity contribution in [1.29, 1.82) is 0 Å². The zero-order chi connectivity index (χ0) is 19.3. The third-order valence-electron chi connectivity index (χ3n) is 5.44. The molecule has 0 radical (unpaired) electrons. The van der Waals surface area contributed by atoms with Gasteiger partial charge in [0.1, 0.15) is 6.04 Å². The van der Waals surface area contributed by atoms with Crippen molar-refractivity contribution in [2.75, 3.05) is 13.1 Å². The number of hydrogen-bond acceptors (Lipinski definition) is 3. The van der Waals surface area contributed by atoms with Crippen LogP contribution in [0.25, 0.3) is 0 Å². The van der Waals surface area contributed by atoms with Crippen molar-refractivity contribution < 1.29 is 14.7 Å². The minimum atomic E-state index is -1.02. The number of likely N-dealkylation sites (tertiary alicyclic amines) is 1. The molecule has 0 spiro atoms. The molecule has 1 unspecified atom stereocenters. The lowest BCUT2D eigenvalue weighted by molar-refractivity contribution is -0.142. The SMILES string of the molecule is CC(NC(=O)C1(c2ccccc2)CCN(Cc2ccccc2)CC1)C(=O)O. The zero-order valence-corrected chi connectivity index (χ0v) is 15.6. The number of carboxylic acids is 1. The van der Waals surface area contributed by atoms with Crippen molar-refractivity contribution in [2.45, 2.75) is 37.8 Å². The molecule has 2 aromatic carbocycles. The van der Waals surface area contributed by atoms with Gasteiger partial charge in [-0.1, -0.05) is 60.7 Å². The lowest BCUT2D eigenvalue weighted by Crippen LogP contribution is -2.54. The Balaban J connectivity index is 1.77. The molecule has 5 heteroatoms. The lowest BCUT2D eigenvalue weighted by atomic mass is 9.71. The van der Waals surface area contributed by atoms with Crippen LogP contribution in [0.4, 0.5) is 0 Å². The Morgan fingerprint density at radius 2 is 1.59 bits per heavy atom. The molecule has 1 atom stereocenters. The highest BCUT2D eigenvalue weighted by Crippen LogP contribution is 2.36. The molecule has 0 saturated carbocycles. The Bertz CT molecular complexity index is 769. The van der Waals surface area contributed by atoms with Gasteiger partial charge in [-0.25, -0.2) is 0 Å². The van der Waals surface area contributed by atoms with Gasteiger partial charge in [-0.2, -0.15) is 0 Å². The summed E-state index contributed by atoms with van der Waals surface area (Å²) >= 11 is 0. The molecule has 1 saturated heterocycles. The van der Waals surface area contributed by atoms with E-state index in [2.05, 4.69) is 22.3 Å². The fraction of sp³-hybridized carbons (Fsp3) is 0.364. The van der Waals surface area contributed by atoms with Crippen molar-refractivity contribution in [3.63, 3.8) is 0 Å². The van der Waals surface area contributed by atoms with Crippen LogP contribution in [0.1, 0.15) is 30.9 Å². The molecular formula is C22H26N2O3. The first kappa shape index (κ1) is 19.1. The number of nitrogens with one attached hydrogen (secondary N) is 1. The number of carbonyl (C=O) groups excluding carboxylic acids is 1. The molecule has 0 aromatic heterocycles. The predicted octanol–water partition coefficient (Wildman–Crippen LogP) is 2.81. The molecule has 1 aliphatic rings. The summed E-state index contributed by atoms with van der Waals surface area (Å²) in [5.41, 5.74) is 1.53. The highest BCUT2D eigenvalue weighted by Gasteiger charge is 2.43. The lowest BCUT2D eigenvalue weighted by Gasteiger charge is -2.41. The molecule has 2 N–H and O–H groups in total. The predicted molar refractivity (Wildman–Crippen MR) is 104 cm³/mol. The number of amides is 1. The van der Waals surface area contributed by atoms with Crippen LogP contribution >= 0.6 is 0 Å². The molecule has 1 amide bonds. The summed E-state index contributed by atoms with van der Waals surface area (Å²) in [5.74, 6) is -1.21. The van der Waals surface area contributed by atoms with Crippen molar-refractivity contribution >= 4 is 11.9 Å². The van der Waals surface area contributed by atoms with Crippen LogP contribution in [0.5, 0.6) is 0 Å². The minimum absolute atomic E-state index is 0.192. The molecule has 1 aliphatic heterocycles. The standard InChI is InChI=1S/C22H26N2O3/c1-17(20(25)26)23-21(27)22(19-10-6-3-7-11-19)12-14-24(15-13-22)16-18-8-4-2-5-9-18/h2-11,17H,12-16H2,1H3,(H,23,27)(H,25,26). The van der Waals surface area contributed by atoms with E-state index in [0.29, 0.717) is 12.8 Å². The molecule has 1 fully saturated rings. The van der Waals surface area contributed by atoms with E-state index in [4.69, 9.17) is 5.11 Å². The highest BCUT2D eigenvalue weighted by atomic mass is 16.4. The van der Waals surface area contributed by atoms with Gasteiger partial charge in [-0.05, 0) is 44.0 Å². The topological polar surface area (TPSA) is 69.6 Å². The van der Waals surface area contributed by atoms with Crippen LogP contribution in [0.15, 0.2) is 60.7 Å². The van der Waals surface area contributed by atoms with Gasteiger partial charge in [0.2, 0.25) is 5.91 Å². The van der Waals surface area contributed by atoms with Gasteiger partial charge < -0.3 is 10.4 Å². The number of aliphatic carboxylic acids is 1. The minimum Gasteiger partial charge on any atom is -0.480 e. The van der Waals surface area contributed by atoms with Gasteiger partial charge in [0, 0.05) is 6.54 Å². The largest absolute Gasteiger partial charge is 0.480 e. The van der Waals surface area contributed by atoms with Crippen LogP contribution in [0.2, 0.25) is 0 Å². The molecule has 27 heavy (non-hydrogen) atoms. The van der Waals surface area contributed by atoms with Crippen LogP contribution in [-0.2, 0) is 21.5 Å². The Kier molecular flexibility index (Phi) is 5.91. The summed E-state index contributed by atoms with van der Waals surface area (Å²) in [5, 5.41) is 11.9. The van der Waals surface area contributed by atoms with Crippen molar-refractivity contribution in [3.8, 4) is 0 Å². The van der Waals surface area contributed by atoms with Gasteiger partial charge in [-0.3, -0.25) is 14.5 Å². The van der Waals surface area contributed by atoms with E-state index < -0.39 is 17.4 Å². The molecular weight excluding hydrogens is 340 g/mol. The quantitative estimate of drug-likeness (QED) is 0.825. The maximum Gasteiger partial charge on any atom is 0.325 e. The molecule has 3 rings (SSSR count). The third kappa shape index (κ3) is 4.37. The second kappa shape index (κ2) is 8.35. The van der Waals surface area contributed by atoms with Crippen LogP contribution in [-0.4, -0.2) is 41.0 Å². The van der Waals surface area contributed by atoms with E-state index in [1.165, 1.54) is 12.5 Å². The van der Waals surface area contributed by atoms with Crippen LogP contribution in [0, 0.1) is 0 Å². The average molecular weight is 366 g/mol. The fourth-order valence-corrected chi connectivity index (χ4v) is 3.74. The summed E-state index contributed by atoms with van der Waals surface area (Å²) in [4.78, 5) is 26.6. The molecule has 2 aromatic rings. The third-order valence-corrected chi connectivity index (χ3v) is 5.44. The van der Waals surface area contributed by atoms with Crippen molar-refractivity contribution in [3.05, 3.63) is 71.8 Å². The first-order valence-corrected chi connectivity index (χ1v) is 9.37. The summed E-state index contributed by atoms with van der Waals surface area (Å²) < 4.78 is 0. The number of carbonyl (C=O) groups is 2. The van der Waals surface area contributed by atoms with Crippen molar-refractivity contribution in [1.82, 2.24) is 10.2 Å². The number of hydrogen-bond donors (Lipinski definition) is 2. The molecule has 142 valence electrons. The van der Waals surface area contributed by atoms with E-state index in [9.17, 15) is 9.59 Å². The number of rotatable bonds is 6. The second-order valence-corrected chi connectivity index (χ2v) is 7.24. The van der Waals surface area contributed by atoms with Gasteiger partial charge in [-0.15, -0.1) is 0 Å². The molecule has 5 nitrogen and oxygen atoms in total.